The van der Waals surface area contributed by atoms with Crippen molar-refractivity contribution in [3.05, 3.63) is 0 Å². The highest BCUT2D eigenvalue weighted by Gasteiger charge is 2.45. The van der Waals surface area contributed by atoms with Crippen LogP contribution in [0.15, 0.2) is 0 Å². The first kappa shape index (κ1) is 12.0. The minimum atomic E-state index is -0.131. The topological polar surface area (TPSA) is 38.3 Å². The molecule has 1 saturated carbocycles. The van der Waals surface area contributed by atoms with E-state index < -0.39 is 0 Å². The number of halogens is 1. The Morgan fingerprint density at radius 2 is 1.93 bits per heavy atom. The molecule has 0 aromatic heterocycles. The van der Waals surface area contributed by atoms with Gasteiger partial charge >= 0.3 is 5.97 Å². The summed E-state index contributed by atoms with van der Waals surface area (Å²) in [5.74, 6) is -0.131. The average molecular weight is 264 g/mol. The number of ether oxygens (including phenoxy) is 1. The molecule has 0 bridgehead atoms. The Morgan fingerprint density at radius 1 is 1.36 bits per heavy atom. The lowest BCUT2D eigenvalue weighted by Gasteiger charge is -2.49. The third-order valence-electron chi connectivity index (χ3n) is 3.32. The molecule has 0 unspecified atom stereocenters. The molecule has 1 saturated heterocycles. The summed E-state index contributed by atoms with van der Waals surface area (Å²) in [6, 6.07) is 0. The van der Waals surface area contributed by atoms with Gasteiger partial charge in [-0.2, -0.15) is 0 Å². The lowest BCUT2D eigenvalue weighted by Crippen LogP contribution is -2.49. The van der Waals surface area contributed by atoms with Gasteiger partial charge in [-0.25, -0.2) is 0 Å². The van der Waals surface area contributed by atoms with Crippen molar-refractivity contribution < 1.29 is 9.53 Å². The summed E-state index contributed by atoms with van der Waals surface area (Å²) in [5, 5.41) is 3.36. The molecule has 1 aliphatic carbocycles. The summed E-state index contributed by atoms with van der Waals surface area (Å²) < 4.78 is 5.15. The molecule has 0 aromatic carbocycles. The molecule has 14 heavy (non-hydrogen) atoms. The van der Waals surface area contributed by atoms with Gasteiger partial charge in [0.25, 0.3) is 0 Å². The fourth-order valence-electron chi connectivity index (χ4n) is 2.59. The predicted octanol–water partition coefficient (Wildman–Crippen LogP) is 1.66. The van der Waals surface area contributed by atoms with E-state index in [0.717, 1.165) is 25.9 Å². The van der Waals surface area contributed by atoms with Crippen molar-refractivity contribution in [2.24, 2.45) is 5.41 Å². The number of esters is 1. The minimum absolute atomic E-state index is 0. The van der Waals surface area contributed by atoms with Gasteiger partial charge in [-0.15, -0.1) is 17.0 Å². The Morgan fingerprint density at radius 3 is 2.43 bits per heavy atom. The summed E-state index contributed by atoms with van der Waals surface area (Å²) in [6.45, 7) is 3.76. The second kappa shape index (κ2) is 4.62. The van der Waals surface area contributed by atoms with Crippen LogP contribution in [-0.4, -0.2) is 25.2 Å². The first-order valence-electron chi connectivity index (χ1n) is 5.08. The van der Waals surface area contributed by atoms with Crippen LogP contribution in [0, 0.1) is 5.41 Å². The molecule has 1 spiro atoms. The van der Waals surface area contributed by atoms with Crippen LogP contribution in [0.2, 0.25) is 0 Å². The average Bonchev–Trinajstić information content (AvgIpc) is 2.02. The zero-order valence-corrected chi connectivity index (χ0v) is 10.3. The van der Waals surface area contributed by atoms with Gasteiger partial charge in [0.15, 0.2) is 0 Å². The monoisotopic (exact) mass is 263 g/mol. The van der Waals surface area contributed by atoms with Crippen molar-refractivity contribution in [3.8, 4) is 0 Å². The summed E-state index contributed by atoms with van der Waals surface area (Å²) >= 11 is 0. The maximum Gasteiger partial charge on any atom is 0.302 e. The molecular weight excluding hydrogens is 246 g/mol. The van der Waals surface area contributed by atoms with Crippen LogP contribution < -0.4 is 5.32 Å². The van der Waals surface area contributed by atoms with Gasteiger partial charge in [0.2, 0.25) is 0 Å². The van der Waals surface area contributed by atoms with Crippen molar-refractivity contribution >= 4 is 23.0 Å². The van der Waals surface area contributed by atoms with E-state index in [9.17, 15) is 4.79 Å². The Hall–Kier alpha value is -0.0900. The SMILES string of the molecule is Br.CC(=O)OC1CC2(CCNCC2)C1. The summed E-state index contributed by atoms with van der Waals surface area (Å²) in [5.41, 5.74) is 0.519. The fourth-order valence-corrected chi connectivity index (χ4v) is 2.59. The molecule has 2 fully saturated rings. The van der Waals surface area contributed by atoms with E-state index in [-0.39, 0.29) is 29.1 Å². The van der Waals surface area contributed by atoms with Crippen LogP contribution in [0.4, 0.5) is 0 Å². The third-order valence-corrected chi connectivity index (χ3v) is 3.32. The number of piperidine rings is 1. The Bertz CT molecular complexity index is 206. The van der Waals surface area contributed by atoms with E-state index in [4.69, 9.17) is 4.74 Å². The number of nitrogens with one attached hydrogen (secondary N) is 1. The van der Waals surface area contributed by atoms with Crippen LogP contribution in [0.5, 0.6) is 0 Å². The zero-order chi connectivity index (χ0) is 9.31. The normalized spacial score (nSPS) is 24.9. The van der Waals surface area contributed by atoms with Gasteiger partial charge in [0.05, 0.1) is 0 Å². The van der Waals surface area contributed by atoms with E-state index in [1.54, 1.807) is 0 Å². The summed E-state index contributed by atoms with van der Waals surface area (Å²) in [4.78, 5) is 10.7. The molecule has 2 rings (SSSR count). The van der Waals surface area contributed by atoms with Crippen LogP contribution >= 0.6 is 17.0 Å². The number of hydrogen-bond donors (Lipinski definition) is 1. The lowest BCUT2D eigenvalue weighted by atomic mass is 9.62. The first-order valence-corrected chi connectivity index (χ1v) is 5.08. The second-order valence-corrected chi connectivity index (χ2v) is 4.39. The van der Waals surface area contributed by atoms with Gasteiger partial charge < -0.3 is 10.1 Å². The summed E-state index contributed by atoms with van der Waals surface area (Å²) in [7, 11) is 0. The number of carbonyl (C=O) groups is 1. The molecule has 1 aliphatic heterocycles. The van der Waals surface area contributed by atoms with E-state index in [0.29, 0.717) is 5.41 Å². The standard InChI is InChI=1S/C10H17NO2.BrH/c1-8(12)13-9-6-10(7-9)2-4-11-5-3-10;/h9,11H,2-7H2,1H3;1H. The van der Waals surface area contributed by atoms with Crippen molar-refractivity contribution in [1.29, 1.82) is 0 Å². The van der Waals surface area contributed by atoms with E-state index in [1.807, 2.05) is 0 Å². The highest BCUT2D eigenvalue weighted by atomic mass is 79.9. The molecule has 1 N–H and O–H groups in total. The molecule has 82 valence electrons. The highest BCUT2D eigenvalue weighted by molar-refractivity contribution is 8.93. The molecule has 0 amide bonds. The maximum absolute atomic E-state index is 10.7. The summed E-state index contributed by atoms with van der Waals surface area (Å²) in [6.07, 6.45) is 4.91. The number of carbonyl (C=O) groups excluding carboxylic acids is 1. The molecule has 0 radical (unpaired) electrons. The highest BCUT2D eigenvalue weighted by Crippen LogP contribution is 2.49. The second-order valence-electron chi connectivity index (χ2n) is 4.39. The van der Waals surface area contributed by atoms with Crippen LogP contribution in [0.3, 0.4) is 0 Å². The number of rotatable bonds is 1. The largest absolute Gasteiger partial charge is 0.463 e. The van der Waals surface area contributed by atoms with Crippen LogP contribution in [0.25, 0.3) is 0 Å². The molecule has 3 nitrogen and oxygen atoms in total. The van der Waals surface area contributed by atoms with Gasteiger partial charge in [-0.3, -0.25) is 4.79 Å². The lowest BCUT2D eigenvalue weighted by molar-refractivity contribution is -0.160. The van der Waals surface area contributed by atoms with Crippen molar-refractivity contribution in [1.82, 2.24) is 5.32 Å². The van der Waals surface area contributed by atoms with Crippen molar-refractivity contribution in [3.63, 3.8) is 0 Å². The molecule has 0 atom stereocenters. The Kier molecular flexibility index (Phi) is 3.95. The minimum Gasteiger partial charge on any atom is -0.463 e. The number of hydrogen-bond acceptors (Lipinski definition) is 3. The Labute approximate surface area is 95.3 Å². The molecule has 2 aliphatic rings. The van der Waals surface area contributed by atoms with Gasteiger partial charge in [0.1, 0.15) is 6.10 Å². The van der Waals surface area contributed by atoms with E-state index in [2.05, 4.69) is 5.32 Å². The van der Waals surface area contributed by atoms with Crippen LogP contribution in [-0.2, 0) is 9.53 Å². The predicted molar refractivity (Wildman–Crippen MR) is 59.6 cm³/mol. The zero-order valence-electron chi connectivity index (χ0n) is 8.54. The van der Waals surface area contributed by atoms with Gasteiger partial charge in [0, 0.05) is 6.92 Å². The third kappa shape index (κ3) is 2.48. The van der Waals surface area contributed by atoms with Crippen LogP contribution in [0.1, 0.15) is 32.6 Å². The smallest absolute Gasteiger partial charge is 0.302 e. The molecule has 4 heteroatoms. The molecule has 0 aromatic rings. The maximum atomic E-state index is 10.7. The van der Waals surface area contributed by atoms with Crippen molar-refractivity contribution in [2.45, 2.75) is 38.7 Å². The van der Waals surface area contributed by atoms with E-state index in [1.165, 1.54) is 19.8 Å². The van der Waals surface area contributed by atoms with Gasteiger partial charge in [-0.05, 0) is 44.2 Å². The quantitative estimate of drug-likeness (QED) is 0.732. The van der Waals surface area contributed by atoms with E-state index >= 15 is 0 Å². The molecular formula is C10H18BrNO2. The van der Waals surface area contributed by atoms with Crippen molar-refractivity contribution in [2.75, 3.05) is 13.1 Å². The van der Waals surface area contributed by atoms with Gasteiger partial charge in [-0.1, -0.05) is 0 Å². The fraction of sp³-hybridized carbons (Fsp3) is 0.900. The molecule has 1 heterocycles. The Balaban J connectivity index is 0.000000980. The first-order chi connectivity index (χ1) is 6.20.